The molecule has 0 aliphatic carbocycles. The molecule has 0 saturated carbocycles. The first-order valence-corrected chi connectivity index (χ1v) is 5.07. The number of hydrogen-bond donors (Lipinski definition) is 1. The molecule has 4 heteroatoms. The first-order chi connectivity index (χ1) is 6.63. The van der Waals surface area contributed by atoms with Crippen LogP contribution in [-0.4, -0.2) is 49.3 Å². The second kappa shape index (κ2) is 5.32. The lowest BCUT2D eigenvalue weighted by atomic mass is 9.90. The second-order valence-electron chi connectivity index (χ2n) is 3.99. The van der Waals surface area contributed by atoms with Gasteiger partial charge in [0.25, 0.3) is 0 Å². The van der Waals surface area contributed by atoms with Crippen LogP contribution in [0.25, 0.3) is 0 Å². The normalized spacial score (nSPS) is 28.8. The Hall–Kier alpha value is -0.610. The molecule has 4 nitrogen and oxygen atoms in total. The Morgan fingerprint density at radius 1 is 1.64 bits per heavy atom. The van der Waals surface area contributed by atoms with Gasteiger partial charge in [0.2, 0.25) is 0 Å². The Labute approximate surface area is 84.8 Å². The van der Waals surface area contributed by atoms with Crippen LogP contribution in [0.2, 0.25) is 0 Å². The van der Waals surface area contributed by atoms with E-state index in [1.165, 1.54) is 7.11 Å². The lowest BCUT2D eigenvalue weighted by Gasteiger charge is -2.33. The molecule has 0 amide bonds. The Bertz CT molecular complexity index is 196. The van der Waals surface area contributed by atoms with Gasteiger partial charge in [-0.25, -0.2) is 0 Å². The fourth-order valence-electron chi connectivity index (χ4n) is 1.88. The highest BCUT2D eigenvalue weighted by atomic mass is 16.5. The van der Waals surface area contributed by atoms with Crippen molar-refractivity contribution in [2.24, 2.45) is 5.92 Å². The number of likely N-dealkylation sites (tertiary alicyclic amines) is 1. The molecule has 0 spiro atoms. The Morgan fingerprint density at radius 3 is 2.93 bits per heavy atom. The average Bonchev–Trinajstić information content (AvgIpc) is 2.16. The van der Waals surface area contributed by atoms with Gasteiger partial charge in [-0.15, -0.1) is 0 Å². The SMILES string of the molecule is COC(=O)CC[C@H]1CCN(C)C[C@@H]1O. The number of hydrogen-bond acceptors (Lipinski definition) is 4. The molecular weight excluding hydrogens is 182 g/mol. The summed E-state index contributed by atoms with van der Waals surface area (Å²) in [5, 5.41) is 9.73. The molecule has 0 aromatic rings. The van der Waals surface area contributed by atoms with Crippen LogP contribution in [0.4, 0.5) is 0 Å². The summed E-state index contributed by atoms with van der Waals surface area (Å²) < 4.78 is 4.57. The average molecular weight is 201 g/mol. The zero-order valence-electron chi connectivity index (χ0n) is 8.90. The lowest BCUT2D eigenvalue weighted by Crippen LogP contribution is -2.41. The van der Waals surface area contributed by atoms with Gasteiger partial charge in [0.1, 0.15) is 0 Å². The monoisotopic (exact) mass is 201 g/mol. The van der Waals surface area contributed by atoms with E-state index in [2.05, 4.69) is 9.64 Å². The predicted octanol–water partition coefficient (Wildman–Crippen LogP) is 0.252. The molecule has 14 heavy (non-hydrogen) atoms. The molecule has 82 valence electrons. The number of β-amino-alcohol motifs (C(OH)–C–C–N with tert-alkyl or cyclic N) is 1. The van der Waals surface area contributed by atoms with Crippen molar-refractivity contribution in [2.45, 2.75) is 25.4 Å². The van der Waals surface area contributed by atoms with E-state index in [4.69, 9.17) is 0 Å². The molecule has 1 N–H and O–H groups in total. The number of aliphatic hydroxyl groups is 1. The van der Waals surface area contributed by atoms with Crippen molar-refractivity contribution in [3.8, 4) is 0 Å². The number of ether oxygens (including phenoxy) is 1. The maximum atomic E-state index is 10.9. The molecule has 0 aromatic heterocycles. The van der Waals surface area contributed by atoms with Gasteiger partial charge < -0.3 is 14.7 Å². The number of likely N-dealkylation sites (N-methyl/N-ethyl adjacent to an activating group) is 1. The smallest absolute Gasteiger partial charge is 0.305 e. The highest BCUT2D eigenvalue weighted by Gasteiger charge is 2.26. The zero-order valence-corrected chi connectivity index (χ0v) is 8.90. The van der Waals surface area contributed by atoms with Crippen molar-refractivity contribution in [2.75, 3.05) is 27.2 Å². The summed E-state index contributed by atoms with van der Waals surface area (Å²) in [6.45, 7) is 1.72. The quantitative estimate of drug-likeness (QED) is 0.665. The van der Waals surface area contributed by atoms with Gasteiger partial charge in [-0.2, -0.15) is 0 Å². The number of carbonyl (C=O) groups excluding carboxylic acids is 1. The molecule has 1 fully saturated rings. The predicted molar refractivity (Wildman–Crippen MR) is 52.9 cm³/mol. The van der Waals surface area contributed by atoms with Crippen LogP contribution in [0.1, 0.15) is 19.3 Å². The maximum Gasteiger partial charge on any atom is 0.305 e. The Balaban J connectivity index is 2.27. The van der Waals surface area contributed by atoms with Crippen molar-refractivity contribution in [3.63, 3.8) is 0 Å². The minimum absolute atomic E-state index is 0.184. The minimum Gasteiger partial charge on any atom is -0.469 e. The van der Waals surface area contributed by atoms with Crippen LogP contribution in [0.3, 0.4) is 0 Å². The van der Waals surface area contributed by atoms with Crippen LogP contribution < -0.4 is 0 Å². The van der Waals surface area contributed by atoms with Gasteiger partial charge in [-0.1, -0.05) is 0 Å². The van der Waals surface area contributed by atoms with Crippen molar-refractivity contribution in [3.05, 3.63) is 0 Å². The summed E-state index contributed by atoms with van der Waals surface area (Å²) in [4.78, 5) is 13.0. The summed E-state index contributed by atoms with van der Waals surface area (Å²) in [5.41, 5.74) is 0. The number of carbonyl (C=O) groups is 1. The highest BCUT2D eigenvalue weighted by Crippen LogP contribution is 2.21. The number of nitrogens with zero attached hydrogens (tertiary/aromatic N) is 1. The molecule has 1 saturated heterocycles. The number of piperidine rings is 1. The third-order valence-electron chi connectivity index (χ3n) is 2.87. The van der Waals surface area contributed by atoms with Crippen LogP contribution >= 0.6 is 0 Å². The first kappa shape index (κ1) is 11.5. The van der Waals surface area contributed by atoms with E-state index >= 15 is 0 Å². The van der Waals surface area contributed by atoms with E-state index in [9.17, 15) is 9.90 Å². The van der Waals surface area contributed by atoms with E-state index in [-0.39, 0.29) is 18.0 Å². The topological polar surface area (TPSA) is 49.8 Å². The summed E-state index contributed by atoms with van der Waals surface area (Å²) in [6, 6.07) is 0. The van der Waals surface area contributed by atoms with Gasteiger partial charge in [0.05, 0.1) is 13.2 Å². The van der Waals surface area contributed by atoms with E-state index in [0.29, 0.717) is 13.0 Å². The van der Waals surface area contributed by atoms with E-state index in [1.54, 1.807) is 0 Å². The fourth-order valence-corrected chi connectivity index (χ4v) is 1.88. The molecule has 1 aliphatic heterocycles. The van der Waals surface area contributed by atoms with E-state index in [1.807, 2.05) is 7.05 Å². The van der Waals surface area contributed by atoms with Crippen molar-refractivity contribution in [1.82, 2.24) is 4.90 Å². The first-order valence-electron chi connectivity index (χ1n) is 5.07. The molecule has 1 heterocycles. The summed E-state index contributed by atoms with van der Waals surface area (Å²) in [7, 11) is 3.40. The van der Waals surface area contributed by atoms with Crippen LogP contribution in [0.15, 0.2) is 0 Å². The lowest BCUT2D eigenvalue weighted by molar-refractivity contribution is -0.141. The van der Waals surface area contributed by atoms with Gasteiger partial charge in [0.15, 0.2) is 0 Å². The molecule has 2 atom stereocenters. The molecule has 0 bridgehead atoms. The number of rotatable bonds is 3. The van der Waals surface area contributed by atoms with Crippen molar-refractivity contribution in [1.29, 1.82) is 0 Å². The molecule has 1 rings (SSSR count). The minimum atomic E-state index is -0.293. The third kappa shape index (κ3) is 3.27. The standard InChI is InChI=1S/C10H19NO3/c1-11-6-5-8(9(12)7-11)3-4-10(13)14-2/h8-9,12H,3-7H2,1-2H3/t8-,9-/m0/s1. The van der Waals surface area contributed by atoms with E-state index < -0.39 is 0 Å². The highest BCUT2D eigenvalue weighted by molar-refractivity contribution is 5.69. The number of esters is 1. The van der Waals surface area contributed by atoms with Crippen LogP contribution in [0, 0.1) is 5.92 Å². The summed E-state index contributed by atoms with van der Waals surface area (Å²) in [5.74, 6) is 0.0708. The second-order valence-corrected chi connectivity index (χ2v) is 3.99. The largest absolute Gasteiger partial charge is 0.469 e. The van der Waals surface area contributed by atoms with Crippen molar-refractivity contribution >= 4 is 5.97 Å². The molecule has 0 radical (unpaired) electrons. The van der Waals surface area contributed by atoms with Gasteiger partial charge in [-0.3, -0.25) is 4.79 Å². The third-order valence-corrected chi connectivity index (χ3v) is 2.87. The van der Waals surface area contributed by atoms with Crippen LogP contribution in [0.5, 0.6) is 0 Å². The van der Waals surface area contributed by atoms with E-state index in [0.717, 1.165) is 19.4 Å². The molecule has 0 aromatic carbocycles. The van der Waals surface area contributed by atoms with Crippen molar-refractivity contribution < 1.29 is 14.6 Å². The molecule has 1 aliphatic rings. The Morgan fingerprint density at radius 2 is 2.36 bits per heavy atom. The number of aliphatic hydroxyl groups excluding tert-OH is 1. The molecular formula is C10H19NO3. The van der Waals surface area contributed by atoms with Gasteiger partial charge >= 0.3 is 5.97 Å². The Kier molecular flexibility index (Phi) is 4.35. The van der Waals surface area contributed by atoms with Crippen LogP contribution in [-0.2, 0) is 9.53 Å². The molecule has 0 unspecified atom stereocenters. The summed E-state index contributed by atoms with van der Waals surface area (Å²) in [6.07, 6.45) is 1.83. The fraction of sp³-hybridized carbons (Fsp3) is 0.900. The maximum absolute atomic E-state index is 10.9. The van der Waals surface area contributed by atoms with Gasteiger partial charge in [-0.05, 0) is 32.4 Å². The number of methoxy groups -OCH3 is 1. The summed E-state index contributed by atoms with van der Waals surface area (Å²) >= 11 is 0. The zero-order chi connectivity index (χ0) is 10.6. The van der Waals surface area contributed by atoms with Gasteiger partial charge in [0, 0.05) is 13.0 Å².